The summed E-state index contributed by atoms with van der Waals surface area (Å²) in [5.41, 5.74) is -0.662. The fourth-order valence-corrected chi connectivity index (χ4v) is 2.67. The van der Waals surface area contributed by atoms with E-state index in [4.69, 9.17) is 0 Å². The van der Waals surface area contributed by atoms with Crippen LogP contribution in [0.3, 0.4) is 0 Å². The van der Waals surface area contributed by atoms with E-state index in [0.29, 0.717) is 25.2 Å². The van der Waals surface area contributed by atoms with Crippen molar-refractivity contribution in [3.05, 3.63) is 0 Å². The summed E-state index contributed by atoms with van der Waals surface area (Å²) in [6.45, 7) is 5.53. The van der Waals surface area contributed by atoms with E-state index in [-0.39, 0.29) is 12.5 Å². The monoisotopic (exact) mass is 271 g/mol. The van der Waals surface area contributed by atoms with Gasteiger partial charge in [-0.25, -0.2) is 0 Å². The lowest BCUT2D eigenvalue weighted by Gasteiger charge is -2.29. The molecule has 0 bridgehead atoms. The molecule has 0 aromatic carbocycles. The van der Waals surface area contributed by atoms with Crippen LogP contribution < -0.4 is 5.32 Å². The topological polar surface area (TPSA) is 86.6 Å². The number of hydrogen-bond donors (Lipinski definition) is 3. The summed E-state index contributed by atoms with van der Waals surface area (Å²) in [6.07, 6.45) is 2.71. The van der Waals surface area contributed by atoms with Crippen LogP contribution in [0.4, 0.5) is 0 Å². The van der Waals surface area contributed by atoms with E-state index < -0.39 is 23.3 Å². The molecule has 0 aliphatic heterocycles. The van der Waals surface area contributed by atoms with Crippen LogP contribution in [0, 0.1) is 17.8 Å². The van der Waals surface area contributed by atoms with Crippen LogP contribution in [0.25, 0.3) is 0 Å². The summed E-state index contributed by atoms with van der Waals surface area (Å²) in [5.74, 6) is -1.89. The first-order chi connectivity index (χ1) is 8.86. The molecule has 1 fully saturated rings. The number of aliphatic hydroxyl groups is 1. The van der Waals surface area contributed by atoms with Crippen LogP contribution in [0.15, 0.2) is 0 Å². The normalized spacial score (nSPS) is 29.8. The lowest BCUT2D eigenvalue weighted by atomic mass is 9.92. The van der Waals surface area contributed by atoms with Gasteiger partial charge in [0.05, 0.1) is 24.0 Å². The highest BCUT2D eigenvalue weighted by Crippen LogP contribution is 2.38. The van der Waals surface area contributed by atoms with Crippen molar-refractivity contribution in [2.45, 2.75) is 52.0 Å². The van der Waals surface area contributed by atoms with Crippen molar-refractivity contribution in [3.8, 4) is 0 Å². The molecule has 3 N–H and O–H groups in total. The van der Waals surface area contributed by atoms with Gasteiger partial charge >= 0.3 is 5.97 Å². The maximum absolute atomic E-state index is 12.3. The lowest BCUT2D eigenvalue weighted by molar-refractivity contribution is -0.146. The summed E-state index contributed by atoms with van der Waals surface area (Å²) in [5, 5.41) is 21.4. The average molecular weight is 271 g/mol. The Morgan fingerprint density at radius 3 is 2.26 bits per heavy atom. The Kier molecular flexibility index (Phi) is 5.35. The molecule has 4 unspecified atom stereocenters. The van der Waals surface area contributed by atoms with Crippen LogP contribution in [0.2, 0.25) is 0 Å². The fraction of sp³-hybridized carbons (Fsp3) is 0.857. The Morgan fingerprint density at radius 1 is 1.26 bits per heavy atom. The van der Waals surface area contributed by atoms with E-state index in [2.05, 4.69) is 5.32 Å². The second-order valence-corrected chi connectivity index (χ2v) is 5.86. The molecule has 1 aliphatic carbocycles. The van der Waals surface area contributed by atoms with Crippen molar-refractivity contribution in [1.82, 2.24) is 5.32 Å². The third-order valence-electron chi connectivity index (χ3n) is 4.45. The van der Waals surface area contributed by atoms with Crippen molar-refractivity contribution >= 4 is 11.9 Å². The number of carbonyl (C=O) groups excluding carboxylic acids is 1. The molecule has 0 aromatic rings. The Balaban J connectivity index is 2.77. The van der Waals surface area contributed by atoms with Crippen molar-refractivity contribution in [1.29, 1.82) is 0 Å². The molecule has 0 spiro atoms. The van der Waals surface area contributed by atoms with Crippen LogP contribution in [-0.2, 0) is 9.59 Å². The Morgan fingerprint density at radius 2 is 1.84 bits per heavy atom. The number of nitrogens with one attached hydrogen (secondary N) is 1. The van der Waals surface area contributed by atoms with Gasteiger partial charge in [-0.15, -0.1) is 0 Å². The number of hydrogen-bond acceptors (Lipinski definition) is 3. The zero-order valence-corrected chi connectivity index (χ0v) is 12.0. The Bertz CT molecular complexity index is 338. The number of carboxylic acid groups (broad SMARTS) is 1. The zero-order chi connectivity index (χ0) is 14.6. The van der Waals surface area contributed by atoms with Crippen molar-refractivity contribution in [2.24, 2.45) is 17.8 Å². The zero-order valence-electron chi connectivity index (χ0n) is 12.0. The first-order valence-electron chi connectivity index (χ1n) is 7.02. The number of amides is 1. The number of aliphatic carboxylic acids is 1. The van der Waals surface area contributed by atoms with Gasteiger partial charge in [-0.05, 0) is 32.1 Å². The molecule has 1 rings (SSSR count). The van der Waals surface area contributed by atoms with Gasteiger partial charge < -0.3 is 15.5 Å². The van der Waals surface area contributed by atoms with Crippen LogP contribution in [0.5, 0.6) is 0 Å². The SMILES string of the molecule is CCC1CC(C(=O)O)C(C(=O)NC(C)(CC)CO)C1. The quantitative estimate of drug-likeness (QED) is 0.681. The van der Waals surface area contributed by atoms with Gasteiger partial charge in [0.2, 0.25) is 5.91 Å². The van der Waals surface area contributed by atoms with Gasteiger partial charge in [0.1, 0.15) is 0 Å². The number of carboxylic acids is 1. The minimum absolute atomic E-state index is 0.142. The molecule has 110 valence electrons. The molecule has 1 aliphatic rings. The van der Waals surface area contributed by atoms with Crippen LogP contribution >= 0.6 is 0 Å². The number of carbonyl (C=O) groups is 2. The molecule has 0 aromatic heterocycles. The van der Waals surface area contributed by atoms with Gasteiger partial charge in [0.25, 0.3) is 0 Å². The molecule has 4 atom stereocenters. The highest BCUT2D eigenvalue weighted by molar-refractivity contribution is 5.85. The second kappa shape index (κ2) is 6.37. The minimum Gasteiger partial charge on any atom is -0.481 e. The lowest BCUT2D eigenvalue weighted by Crippen LogP contribution is -2.51. The third-order valence-corrected chi connectivity index (χ3v) is 4.45. The molecule has 5 heteroatoms. The van der Waals surface area contributed by atoms with Crippen molar-refractivity contribution in [3.63, 3.8) is 0 Å². The van der Waals surface area contributed by atoms with E-state index in [0.717, 1.165) is 6.42 Å². The predicted molar refractivity (Wildman–Crippen MR) is 71.6 cm³/mol. The van der Waals surface area contributed by atoms with Crippen LogP contribution in [-0.4, -0.2) is 34.2 Å². The molecule has 1 amide bonds. The van der Waals surface area contributed by atoms with Crippen LogP contribution in [0.1, 0.15) is 46.5 Å². The van der Waals surface area contributed by atoms with E-state index in [1.165, 1.54) is 0 Å². The molecular weight excluding hydrogens is 246 g/mol. The molecular formula is C14H25NO4. The van der Waals surface area contributed by atoms with Gasteiger partial charge in [-0.1, -0.05) is 20.3 Å². The Hall–Kier alpha value is -1.10. The summed E-state index contributed by atoms with van der Waals surface area (Å²) in [4.78, 5) is 23.5. The first kappa shape index (κ1) is 16.0. The molecule has 0 radical (unpaired) electrons. The van der Waals surface area contributed by atoms with E-state index in [9.17, 15) is 19.8 Å². The molecule has 5 nitrogen and oxygen atoms in total. The summed E-state index contributed by atoms with van der Waals surface area (Å²) < 4.78 is 0. The fourth-order valence-electron chi connectivity index (χ4n) is 2.67. The maximum Gasteiger partial charge on any atom is 0.307 e. The first-order valence-corrected chi connectivity index (χ1v) is 7.02. The summed E-state index contributed by atoms with van der Waals surface area (Å²) in [7, 11) is 0. The maximum atomic E-state index is 12.3. The highest BCUT2D eigenvalue weighted by Gasteiger charge is 2.43. The van der Waals surface area contributed by atoms with E-state index in [1.54, 1.807) is 6.92 Å². The summed E-state index contributed by atoms with van der Waals surface area (Å²) >= 11 is 0. The summed E-state index contributed by atoms with van der Waals surface area (Å²) in [6, 6.07) is 0. The van der Waals surface area contributed by atoms with Crippen molar-refractivity contribution in [2.75, 3.05) is 6.61 Å². The Labute approximate surface area is 114 Å². The van der Waals surface area contributed by atoms with Gasteiger partial charge in [-0.3, -0.25) is 9.59 Å². The average Bonchev–Trinajstić information content (AvgIpc) is 2.83. The van der Waals surface area contributed by atoms with E-state index in [1.807, 2.05) is 13.8 Å². The van der Waals surface area contributed by atoms with E-state index >= 15 is 0 Å². The largest absolute Gasteiger partial charge is 0.481 e. The molecule has 0 heterocycles. The van der Waals surface area contributed by atoms with Gasteiger partial charge in [-0.2, -0.15) is 0 Å². The van der Waals surface area contributed by atoms with Crippen molar-refractivity contribution < 1.29 is 19.8 Å². The second-order valence-electron chi connectivity index (χ2n) is 5.86. The highest BCUT2D eigenvalue weighted by atomic mass is 16.4. The molecule has 19 heavy (non-hydrogen) atoms. The number of rotatable bonds is 6. The number of aliphatic hydroxyl groups excluding tert-OH is 1. The smallest absolute Gasteiger partial charge is 0.307 e. The van der Waals surface area contributed by atoms with Gasteiger partial charge in [0, 0.05) is 0 Å². The third kappa shape index (κ3) is 3.69. The van der Waals surface area contributed by atoms with Gasteiger partial charge in [0.15, 0.2) is 0 Å². The standard InChI is InChI=1S/C14H25NO4/c1-4-9-6-10(11(7-9)13(18)19)12(17)15-14(3,5-2)8-16/h9-11,16H,4-8H2,1-3H3,(H,15,17)(H,18,19). The minimum atomic E-state index is -0.890. The molecule has 1 saturated carbocycles. The molecule has 0 saturated heterocycles. The predicted octanol–water partition coefficient (Wildman–Crippen LogP) is 1.40.